The van der Waals surface area contributed by atoms with E-state index in [-0.39, 0.29) is 24.6 Å². The molecule has 0 saturated carbocycles. The first-order valence-corrected chi connectivity index (χ1v) is 10.6. The molecular formula is C24H21ClN4O4. The van der Waals surface area contributed by atoms with Gasteiger partial charge in [-0.2, -0.15) is 9.78 Å². The van der Waals surface area contributed by atoms with E-state index in [1.165, 1.54) is 10.9 Å². The van der Waals surface area contributed by atoms with E-state index in [2.05, 4.69) is 15.4 Å². The molecule has 2 aromatic carbocycles. The number of hydrogen-bond acceptors (Lipinski definition) is 6. The summed E-state index contributed by atoms with van der Waals surface area (Å²) in [6, 6.07) is 16.2. The highest BCUT2D eigenvalue weighted by Crippen LogP contribution is 2.24. The van der Waals surface area contributed by atoms with Gasteiger partial charge in [-0.3, -0.25) is 4.79 Å². The number of benzene rings is 2. The van der Waals surface area contributed by atoms with Crippen LogP contribution in [0.1, 0.15) is 22.8 Å². The number of aromatic nitrogens is 3. The van der Waals surface area contributed by atoms with Crippen molar-refractivity contribution in [1.82, 2.24) is 14.8 Å². The molecule has 4 rings (SSSR count). The van der Waals surface area contributed by atoms with Gasteiger partial charge in [-0.15, -0.1) is 0 Å². The standard InChI is InChI=1S/C24H21ClN4O4/c1-3-32-24(31)19-13-26-29(21-12-15(2)18-6-4-5-7-20(18)27-21)23(19)28-22(30)14-33-17-10-8-16(25)9-11-17/h4-13H,3,14H2,1-2H3,(H,28,30). The highest BCUT2D eigenvalue weighted by atomic mass is 35.5. The highest BCUT2D eigenvalue weighted by Gasteiger charge is 2.22. The maximum Gasteiger partial charge on any atom is 0.343 e. The number of para-hydroxylation sites is 1. The number of carbonyl (C=O) groups is 2. The van der Waals surface area contributed by atoms with Crippen molar-refractivity contribution in [2.45, 2.75) is 13.8 Å². The number of hydrogen-bond donors (Lipinski definition) is 1. The van der Waals surface area contributed by atoms with Crippen molar-refractivity contribution in [2.24, 2.45) is 0 Å². The number of rotatable bonds is 7. The monoisotopic (exact) mass is 464 g/mol. The first-order chi connectivity index (χ1) is 16.0. The predicted molar refractivity (Wildman–Crippen MR) is 125 cm³/mol. The molecule has 0 spiro atoms. The minimum absolute atomic E-state index is 0.115. The summed E-state index contributed by atoms with van der Waals surface area (Å²) < 4.78 is 12.0. The maximum atomic E-state index is 12.7. The summed E-state index contributed by atoms with van der Waals surface area (Å²) in [7, 11) is 0. The Bertz CT molecular complexity index is 1320. The molecule has 4 aromatic rings. The SMILES string of the molecule is CCOC(=O)c1cnn(-c2cc(C)c3ccccc3n2)c1NC(=O)COc1ccc(Cl)cc1. The van der Waals surface area contributed by atoms with Crippen molar-refractivity contribution in [1.29, 1.82) is 0 Å². The van der Waals surface area contributed by atoms with E-state index in [0.717, 1.165) is 16.5 Å². The van der Waals surface area contributed by atoms with E-state index in [1.807, 2.05) is 37.3 Å². The molecule has 1 amide bonds. The molecule has 0 saturated heterocycles. The van der Waals surface area contributed by atoms with Crippen LogP contribution in [0.15, 0.2) is 60.8 Å². The van der Waals surface area contributed by atoms with Gasteiger partial charge >= 0.3 is 5.97 Å². The number of fused-ring (bicyclic) bond motifs is 1. The molecule has 2 aromatic heterocycles. The Morgan fingerprint density at radius 1 is 1.12 bits per heavy atom. The quantitative estimate of drug-likeness (QED) is 0.402. The molecule has 0 bridgehead atoms. The predicted octanol–water partition coefficient (Wildman–Crippen LogP) is 4.58. The van der Waals surface area contributed by atoms with E-state index in [0.29, 0.717) is 16.6 Å². The Labute approximate surface area is 195 Å². The van der Waals surface area contributed by atoms with Crippen molar-refractivity contribution in [2.75, 3.05) is 18.5 Å². The van der Waals surface area contributed by atoms with Crippen LogP contribution in [0, 0.1) is 6.92 Å². The molecule has 0 radical (unpaired) electrons. The van der Waals surface area contributed by atoms with E-state index in [4.69, 9.17) is 21.1 Å². The van der Waals surface area contributed by atoms with Crippen molar-refractivity contribution < 1.29 is 19.1 Å². The fourth-order valence-electron chi connectivity index (χ4n) is 3.29. The van der Waals surface area contributed by atoms with Crippen molar-refractivity contribution in [3.63, 3.8) is 0 Å². The lowest BCUT2D eigenvalue weighted by Gasteiger charge is -2.12. The van der Waals surface area contributed by atoms with Gasteiger partial charge in [0.15, 0.2) is 18.2 Å². The molecule has 0 aliphatic carbocycles. The average Bonchev–Trinajstić information content (AvgIpc) is 3.22. The van der Waals surface area contributed by atoms with E-state index < -0.39 is 11.9 Å². The number of halogens is 1. The van der Waals surface area contributed by atoms with Crippen LogP contribution in [0.3, 0.4) is 0 Å². The Morgan fingerprint density at radius 2 is 1.88 bits per heavy atom. The van der Waals surface area contributed by atoms with Gasteiger partial charge < -0.3 is 14.8 Å². The third-order valence-electron chi connectivity index (χ3n) is 4.83. The van der Waals surface area contributed by atoms with Crippen molar-refractivity contribution in [3.05, 3.63) is 76.9 Å². The summed E-state index contributed by atoms with van der Waals surface area (Å²) in [5.74, 6) is 0.0152. The molecule has 8 nitrogen and oxygen atoms in total. The van der Waals surface area contributed by atoms with E-state index in [9.17, 15) is 9.59 Å². The van der Waals surface area contributed by atoms with Crippen LogP contribution in [0.4, 0.5) is 5.82 Å². The summed E-state index contributed by atoms with van der Waals surface area (Å²) in [5.41, 5.74) is 1.86. The average molecular weight is 465 g/mol. The first kappa shape index (κ1) is 22.3. The summed E-state index contributed by atoms with van der Waals surface area (Å²) >= 11 is 5.87. The Kier molecular flexibility index (Phi) is 6.55. The van der Waals surface area contributed by atoms with Crippen LogP contribution in [-0.2, 0) is 9.53 Å². The Balaban J connectivity index is 1.65. The number of anilines is 1. The third kappa shape index (κ3) is 4.96. The minimum Gasteiger partial charge on any atom is -0.484 e. The highest BCUT2D eigenvalue weighted by molar-refractivity contribution is 6.30. The Morgan fingerprint density at radius 3 is 2.64 bits per heavy atom. The van der Waals surface area contributed by atoms with Crippen LogP contribution >= 0.6 is 11.6 Å². The number of nitrogens with one attached hydrogen (secondary N) is 1. The number of ether oxygens (including phenoxy) is 2. The topological polar surface area (TPSA) is 95.3 Å². The van der Waals surface area contributed by atoms with Gasteiger partial charge in [-0.05, 0) is 55.8 Å². The van der Waals surface area contributed by atoms with Crippen LogP contribution in [0.2, 0.25) is 5.02 Å². The zero-order chi connectivity index (χ0) is 23.4. The van der Waals surface area contributed by atoms with Gasteiger partial charge in [0, 0.05) is 10.4 Å². The van der Waals surface area contributed by atoms with Crippen molar-refractivity contribution in [3.8, 4) is 11.6 Å². The zero-order valence-corrected chi connectivity index (χ0v) is 18.8. The fraction of sp³-hybridized carbons (Fsp3) is 0.167. The second-order valence-corrected chi connectivity index (χ2v) is 7.58. The molecule has 168 valence electrons. The largest absolute Gasteiger partial charge is 0.484 e. The molecule has 2 heterocycles. The van der Waals surface area contributed by atoms with Gasteiger partial charge in [0.05, 0.1) is 18.3 Å². The molecule has 0 aliphatic heterocycles. The third-order valence-corrected chi connectivity index (χ3v) is 5.08. The molecule has 33 heavy (non-hydrogen) atoms. The molecule has 0 aliphatic rings. The summed E-state index contributed by atoms with van der Waals surface area (Å²) in [4.78, 5) is 29.8. The lowest BCUT2D eigenvalue weighted by Crippen LogP contribution is -2.23. The number of esters is 1. The smallest absolute Gasteiger partial charge is 0.343 e. The molecule has 0 atom stereocenters. The van der Waals surface area contributed by atoms with Gasteiger partial charge in [0.25, 0.3) is 5.91 Å². The molecule has 0 fully saturated rings. The van der Waals surface area contributed by atoms with Gasteiger partial charge in [0.1, 0.15) is 11.3 Å². The van der Waals surface area contributed by atoms with Crippen LogP contribution in [0.25, 0.3) is 16.7 Å². The van der Waals surface area contributed by atoms with E-state index >= 15 is 0 Å². The molecule has 0 unspecified atom stereocenters. The van der Waals surface area contributed by atoms with Gasteiger partial charge in [-0.25, -0.2) is 9.78 Å². The number of aryl methyl sites for hydroxylation is 1. The first-order valence-electron chi connectivity index (χ1n) is 10.3. The zero-order valence-electron chi connectivity index (χ0n) is 18.0. The van der Waals surface area contributed by atoms with Crippen LogP contribution in [-0.4, -0.2) is 39.9 Å². The minimum atomic E-state index is -0.602. The van der Waals surface area contributed by atoms with E-state index in [1.54, 1.807) is 31.2 Å². The number of carbonyl (C=O) groups excluding carboxylic acids is 2. The summed E-state index contributed by atoms with van der Waals surface area (Å²) in [5, 5.41) is 8.58. The van der Waals surface area contributed by atoms with Crippen LogP contribution in [0.5, 0.6) is 5.75 Å². The normalized spacial score (nSPS) is 10.8. The van der Waals surface area contributed by atoms with Gasteiger partial charge in [0.2, 0.25) is 0 Å². The summed E-state index contributed by atoms with van der Waals surface area (Å²) in [6.07, 6.45) is 1.35. The number of amides is 1. The second kappa shape index (κ2) is 9.70. The molecular weight excluding hydrogens is 444 g/mol. The number of pyridine rings is 1. The second-order valence-electron chi connectivity index (χ2n) is 7.14. The maximum absolute atomic E-state index is 12.7. The Hall–Kier alpha value is -3.91. The summed E-state index contributed by atoms with van der Waals surface area (Å²) in [6.45, 7) is 3.57. The van der Waals surface area contributed by atoms with Gasteiger partial charge in [-0.1, -0.05) is 29.8 Å². The number of nitrogens with zero attached hydrogens (tertiary/aromatic N) is 3. The molecule has 1 N–H and O–H groups in total. The molecule has 9 heteroatoms. The van der Waals surface area contributed by atoms with Crippen LogP contribution < -0.4 is 10.1 Å². The lowest BCUT2D eigenvalue weighted by molar-refractivity contribution is -0.118. The lowest BCUT2D eigenvalue weighted by atomic mass is 10.1. The van der Waals surface area contributed by atoms with Crippen molar-refractivity contribution >= 4 is 40.2 Å². The fourth-order valence-corrected chi connectivity index (χ4v) is 3.41.